The third kappa shape index (κ3) is 4.41. The third-order valence-electron chi connectivity index (χ3n) is 4.46. The fraction of sp³-hybridized carbons (Fsp3) is 0.0588. The molecule has 0 radical (unpaired) electrons. The van der Waals surface area contributed by atoms with Crippen LogP contribution in [0.1, 0.15) is 5.69 Å². The van der Waals surface area contributed by atoms with Crippen molar-refractivity contribution in [2.24, 2.45) is 10.2 Å². The summed E-state index contributed by atoms with van der Waals surface area (Å²) in [4.78, 5) is 3.40. The van der Waals surface area contributed by atoms with Crippen LogP contribution in [0.25, 0.3) is 15.9 Å². The molecule has 0 spiro atoms. The van der Waals surface area contributed by atoms with Crippen LogP contribution in [0.5, 0.6) is 0 Å². The minimum absolute atomic E-state index is 0.0390. The van der Waals surface area contributed by atoms with Crippen LogP contribution in [-0.2, 0) is 20.2 Å². The van der Waals surface area contributed by atoms with Gasteiger partial charge < -0.3 is 11.5 Å². The van der Waals surface area contributed by atoms with E-state index in [4.69, 9.17) is 11.5 Å². The van der Waals surface area contributed by atoms with Crippen molar-refractivity contribution in [3.63, 3.8) is 0 Å². The molecule has 0 fully saturated rings. The van der Waals surface area contributed by atoms with Gasteiger partial charge in [0.15, 0.2) is 11.5 Å². The Bertz CT molecular complexity index is 1660. The van der Waals surface area contributed by atoms with Gasteiger partial charge >= 0.3 is 0 Å². The van der Waals surface area contributed by atoms with Crippen LogP contribution in [0.4, 0.5) is 22.3 Å². The van der Waals surface area contributed by atoms with Crippen LogP contribution in [0.2, 0.25) is 0 Å². The first kappa shape index (κ1) is 22.7. The van der Waals surface area contributed by atoms with Gasteiger partial charge in [-0.15, -0.1) is 10.2 Å². The van der Waals surface area contributed by atoms with Gasteiger partial charge in [-0.3, -0.25) is 9.11 Å². The molecule has 0 saturated heterocycles. The molecule has 0 aliphatic carbocycles. The Hall–Kier alpha value is -3.44. The van der Waals surface area contributed by atoms with E-state index in [0.29, 0.717) is 15.9 Å². The summed E-state index contributed by atoms with van der Waals surface area (Å²) in [5, 5.41) is 12.6. The first-order valence-corrected chi connectivity index (χ1v) is 12.6. The molecule has 0 saturated carbocycles. The molecule has 0 amide bonds. The third-order valence-corrected chi connectivity index (χ3v) is 7.14. The molecule has 0 unspecified atom stereocenters. The number of rotatable bonds is 5. The Morgan fingerprint density at radius 2 is 1.73 bits per heavy atom. The Morgan fingerprint density at radius 1 is 1.00 bits per heavy atom. The first-order chi connectivity index (χ1) is 15.3. The van der Waals surface area contributed by atoms with Crippen molar-refractivity contribution in [2.45, 2.75) is 16.7 Å². The zero-order valence-corrected chi connectivity index (χ0v) is 19.1. The molecular weight excluding hydrogens is 494 g/mol. The van der Waals surface area contributed by atoms with Crippen molar-refractivity contribution >= 4 is 64.1 Å². The second kappa shape index (κ2) is 7.85. The van der Waals surface area contributed by atoms with Gasteiger partial charge in [-0.1, -0.05) is 11.3 Å². The molecule has 0 aliphatic heterocycles. The molecule has 0 bridgehead atoms. The summed E-state index contributed by atoms with van der Waals surface area (Å²) in [5.74, 6) is 0.0390. The van der Waals surface area contributed by atoms with Gasteiger partial charge in [-0.25, -0.2) is 9.67 Å². The van der Waals surface area contributed by atoms with E-state index in [1.54, 1.807) is 6.92 Å². The van der Waals surface area contributed by atoms with E-state index in [9.17, 15) is 25.9 Å². The average molecular weight is 510 g/mol. The molecule has 4 aromatic rings. The highest BCUT2D eigenvalue weighted by atomic mass is 32.2. The number of benzene rings is 2. The number of azo groups is 1. The lowest BCUT2D eigenvalue weighted by atomic mass is 10.3. The Kier molecular flexibility index (Phi) is 5.41. The molecule has 172 valence electrons. The summed E-state index contributed by atoms with van der Waals surface area (Å²) in [6.45, 7) is 1.61. The highest BCUT2D eigenvalue weighted by Gasteiger charge is 2.19. The smallest absolute Gasteiger partial charge is 0.296 e. The first-order valence-electron chi connectivity index (χ1n) is 8.87. The number of nitrogens with zero attached hydrogens (tertiary/aromatic N) is 5. The number of anilines is 2. The summed E-state index contributed by atoms with van der Waals surface area (Å²) in [6, 6.07) is 7.82. The maximum Gasteiger partial charge on any atom is 0.296 e. The second-order valence-electron chi connectivity index (χ2n) is 6.73. The second-order valence-corrected chi connectivity index (χ2v) is 10.5. The van der Waals surface area contributed by atoms with Crippen molar-refractivity contribution in [1.82, 2.24) is 14.8 Å². The van der Waals surface area contributed by atoms with Gasteiger partial charge in [0.05, 0.1) is 32.2 Å². The zero-order valence-electron chi connectivity index (χ0n) is 16.6. The van der Waals surface area contributed by atoms with Gasteiger partial charge in [-0.05, 0) is 43.3 Å². The van der Waals surface area contributed by atoms with Crippen LogP contribution in [0, 0.1) is 6.92 Å². The lowest BCUT2D eigenvalue weighted by Gasteiger charge is -2.07. The molecule has 13 nitrogen and oxygen atoms in total. The number of nitrogens with two attached hydrogens (primary N) is 2. The number of fused-ring (bicyclic) bond motifs is 1. The fourth-order valence-electron chi connectivity index (χ4n) is 2.93. The minimum atomic E-state index is -4.56. The number of aromatic nitrogens is 3. The summed E-state index contributed by atoms with van der Waals surface area (Å²) in [5.41, 5.74) is 12.7. The quantitative estimate of drug-likeness (QED) is 0.175. The molecule has 16 heteroatoms. The summed E-state index contributed by atoms with van der Waals surface area (Å²) in [6.07, 6.45) is 0. The molecule has 33 heavy (non-hydrogen) atoms. The van der Waals surface area contributed by atoms with E-state index in [1.807, 2.05) is 0 Å². The van der Waals surface area contributed by atoms with Crippen molar-refractivity contribution in [3.05, 3.63) is 42.1 Å². The van der Waals surface area contributed by atoms with E-state index >= 15 is 0 Å². The van der Waals surface area contributed by atoms with Gasteiger partial charge in [0.2, 0.25) is 5.13 Å². The van der Waals surface area contributed by atoms with Gasteiger partial charge in [0.25, 0.3) is 20.2 Å². The number of nitrogen functional groups attached to an aromatic ring is 2. The molecule has 6 N–H and O–H groups in total. The number of hydrogen-bond donors (Lipinski definition) is 4. The van der Waals surface area contributed by atoms with Crippen LogP contribution in [0.15, 0.2) is 56.4 Å². The molecule has 2 aromatic carbocycles. The van der Waals surface area contributed by atoms with Crippen LogP contribution in [0.3, 0.4) is 0 Å². The van der Waals surface area contributed by atoms with Gasteiger partial charge in [0.1, 0.15) is 4.90 Å². The Balaban J connectivity index is 1.71. The molecule has 0 atom stereocenters. The minimum Gasteiger partial charge on any atom is -0.398 e. The highest BCUT2D eigenvalue weighted by Crippen LogP contribution is 2.34. The molecule has 0 aliphatic rings. The van der Waals surface area contributed by atoms with E-state index in [1.165, 1.54) is 35.0 Å². The van der Waals surface area contributed by atoms with Crippen molar-refractivity contribution in [1.29, 1.82) is 0 Å². The number of hydrogen-bond acceptors (Lipinski definition) is 11. The molecular formula is C17H15N7O6S3. The van der Waals surface area contributed by atoms with Gasteiger partial charge in [0, 0.05) is 0 Å². The predicted molar refractivity (Wildman–Crippen MR) is 121 cm³/mol. The zero-order chi connectivity index (χ0) is 24.1. The van der Waals surface area contributed by atoms with Crippen molar-refractivity contribution in [3.8, 4) is 5.69 Å². The molecule has 2 heterocycles. The van der Waals surface area contributed by atoms with Crippen molar-refractivity contribution in [2.75, 3.05) is 11.5 Å². The van der Waals surface area contributed by atoms with Crippen LogP contribution in [-0.4, -0.2) is 40.7 Å². The SMILES string of the molecule is Cc1nn(-c2ccc(N)c(S(=O)(=O)O)c2)c(N)c1/N=N/c1nc2cc(S(=O)(=O)O)ccc2s1. The topological polar surface area (TPSA) is 216 Å². The standard InChI is InChI=1S/C17H15N7O6S3/c1-8-15(16(19)24(23-8)9-2-4-11(18)14(6-9)33(28,29)30)21-22-17-20-12-7-10(32(25,26)27)3-5-13(12)31-17/h2-7H,18-19H2,1H3,(H,25,26,27)(H,28,29,30)/b22-21+. The van der Waals surface area contributed by atoms with E-state index < -0.39 is 25.1 Å². The number of thiazole rings is 1. The Labute approximate surface area is 190 Å². The van der Waals surface area contributed by atoms with E-state index in [2.05, 4.69) is 20.3 Å². The van der Waals surface area contributed by atoms with E-state index in [0.717, 1.165) is 17.4 Å². The van der Waals surface area contributed by atoms with E-state index in [-0.39, 0.29) is 32.9 Å². The number of aryl methyl sites for hydroxylation is 1. The Morgan fingerprint density at radius 3 is 2.39 bits per heavy atom. The highest BCUT2D eigenvalue weighted by molar-refractivity contribution is 7.86. The van der Waals surface area contributed by atoms with Gasteiger partial charge in [-0.2, -0.15) is 21.9 Å². The molecule has 4 rings (SSSR count). The fourth-order valence-corrected chi connectivity index (χ4v) is 4.83. The lowest BCUT2D eigenvalue weighted by Crippen LogP contribution is -2.07. The maximum absolute atomic E-state index is 11.5. The summed E-state index contributed by atoms with van der Waals surface area (Å²) >= 11 is 1.13. The normalized spacial score (nSPS) is 12.7. The monoisotopic (exact) mass is 509 g/mol. The van der Waals surface area contributed by atoms with Crippen LogP contribution >= 0.6 is 11.3 Å². The molecule has 2 aromatic heterocycles. The van der Waals surface area contributed by atoms with Crippen LogP contribution < -0.4 is 11.5 Å². The summed E-state index contributed by atoms with van der Waals surface area (Å²) < 4.78 is 66.0. The largest absolute Gasteiger partial charge is 0.398 e. The maximum atomic E-state index is 11.5. The average Bonchev–Trinajstić information content (AvgIpc) is 3.25. The predicted octanol–water partition coefficient (Wildman–Crippen LogP) is 2.86. The van der Waals surface area contributed by atoms with Crippen molar-refractivity contribution < 1.29 is 25.9 Å². The lowest BCUT2D eigenvalue weighted by molar-refractivity contribution is 0.481. The summed E-state index contributed by atoms with van der Waals surface area (Å²) in [7, 11) is -8.93.